The maximum atomic E-state index is 5.99. The van der Waals surface area contributed by atoms with E-state index >= 15 is 0 Å². The first kappa shape index (κ1) is 24.0. The number of aliphatic imine (C=N–C) groups is 1. The predicted octanol–water partition coefficient (Wildman–Crippen LogP) is 2.66. The maximum absolute atomic E-state index is 5.99. The van der Waals surface area contributed by atoms with Crippen LogP contribution in [0.4, 0.5) is 0 Å². The molecule has 0 aromatic heterocycles. The van der Waals surface area contributed by atoms with Crippen molar-refractivity contribution in [3.8, 4) is 5.75 Å². The number of hydrogen-bond acceptors (Lipinski definition) is 4. The van der Waals surface area contributed by atoms with Crippen LogP contribution in [0.15, 0.2) is 29.3 Å². The van der Waals surface area contributed by atoms with Crippen LogP contribution in [0, 0.1) is 6.92 Å². The van der Waals surface area contributed by atoms with Gasteiger partial charge < -0.3 is 20.1 Å². The van der Waals surface area contributed by atoms with Crippen molar-refractivity contribution in [2.75, 3.05) is 53.0 Å². The molecule has 1 saturated heterocycles. The largest absolute Gasteiger partial charge is 0.489 e. The number of morpholine rings is 1. The van der Waals surface area contributed by atoms with Gasteiger partial charge in [0.15, 0.2) is 5.96 Å². The van der Waals surface area contributed by atoms with Gasteiger partial charge in [-0.1, -0.05) is 18.2 Å². The van der Waals surface area contributed by atoms with Crippen LogP contribution in [0.3, 0.4) is 0 Å². The summed E-state index contributed by atoms with van der Waals surface area (Å²) in [5.41, 5.74) is 1.15. The van der Waals surface area contributed by atoms with Gasteiger partial charge in [0, 0.05) is 26.7 Å². The Hall–Kier alpha value is -1.06. The van der Waals surface area contributed by atoms with Crippen molar-refractivity contribution in [2.45, 2.75) is 32.8 Å². The number of guanidine groups is 1. The zero-order valence-corrected chi connectivity index (χ0v) is 19.2. The van der Waals surface area contributed by atoms with Gasteiger partial charge in [0.1, 0.15) is 11.9 Å². The lowest BCUT2D eigenvalue weighted by molar-refractivity contribution is 0.0372. The van der Waals surface area contributed by atoms with Crippen LogP contribution in [-0.2, 0) is 4.74 Å². The van der Waals surface area contributed by atoms with Crippen LogP contribution in [0.1, 0.15) is 25.3 Å². The van der Waals surface area contributed by atoms with Crippen LogP contribution < -0.4 is 15.4 Å². The standard InChI is InChI=1S/C20H34N4O2.HI/c1-17-8-4-5-9-19(17)26-18(2)16-23-20(21-3)22-10-6-7-11-24-12-14-25-15-13-24;/h4-5,8-9,18H,6-7,10-16H2,1-3H3,(H2,21,22,23);1H. The molecule has 0 amide bonds. The van der Waals surface area contributed by atoms with Crippen molar-refractivity contribution in [3.63, 3.8) is 0 Å². The molecule has 0 spiro atoms. The first-order valence-corrected chi connectivity index (χ1v) is 9.66. The summed E-state index contributed by atoms with van der Waals surface area (Å²) in [6, 6.07) is 8.09. The highest BCUT2D eigenvalue weighted by Gasteiger charge is 2.09. The minimum Gasteiger partial charge on any atom is -0.489 e. The van der Waals surface area contributed by atoms with E-state index in [4.69, 9.17) is 9.47 Å². The number of ether oxygens (including phenoxy) is 2. The Bertz CT molecular complexity index is 551. The molecule has 0 saturated carbocycles. The number of rotatable bonds is 9. The van der Waals surface area contributed by atoms with E-state index in [0.29, 0.717) is 6.54 Å². The number of nitrogens with one attached hydrogen (secondary N) is 2. The Kier molecular flexibility index (Phi) is 12.4. The van der Waals surface area contributed by atoms with Crippen molar-refractivity contribution in [1.82, 2.24) is 15.5 Å². The van der Waals surface area contributed by atoms with Crippen LogP contribution in [-0.4, -0.2) is 69.9 Å². The van der Waals surface area contributed by atoms with Gasteiger partial charge in [0.25, 0.3) is 0 Å². The monoisotopic (exact) mass is 490 g/mol. The van der Waals surface area contributed by atoms with Crippen LogP contribution in [0.2, 0.25) is 0 Å². The van der Waals surface area contributed by atoms with E-state index < -0.39 is 0 Å². The van der Waals surface area contributed by atoms with Crippen LogP contribution >= 0.6 is 24.0 Å². The fourth-order valence-electron chi connectivity index (χ4n) is 2.90. The molecule has 7 heteroatoms. The Labute approximate surface area is 181 Å². The first-order valence-electron chi connectivity index (χ1n) is 9.66. The lowest BCUT2D eigenvalue weighted by atomic mass is 10.2. The Morgan fingerprint density at radius 3 is 2.67 bits per heavy atom. The molecule has 1 aliphatic rings. The summed E-state index contributed by atoms with van der Waals surface area (Å²) in [5.74, 6) is 1.77. The molecular weight excluding hydrogens is 455 g/mol. The number of para-hydroxylation sites is 1. The average molecular weight is 490 g/mol. The molecule has 1 aromatic rings. The van der Waals surface area contributed by atoms with Gasteiger partial charge in [-0.2, -0.15) is 0 Å². The van der Waals surface area contributed by atoms with Crippen molar-refractivity contribution in [1.29, 1.82) is 0 Å². The smallest absolute Gasteiger partial charge is 0.191 e. The summed E-state index contributed by atoms with van der Waals surface area (Å²) in [5, 5.41) is 6.71. The molecule has 1 heterocycles. The summed E-state index contributed by atoms with van der Waals surface area (Å²) in [4.78, 5) is 6.76. The fourth-order valence-corrected chi connectivity index (χ4v) is 2.90. The number of nitrogens with zero attached hydrogens (tertiary/aromatic N) is 2. The highest BCUT2D eigenvalue weighted by Crippen LogP contribution is 2.17. The van der Waals surface area contributed by atoms with Gasteiger partial charge in [0.05, 0.1) is 19.8 Å². The average Bonchev–Trinajstić information content (AvgIpc) is 2.66. The van der Waals surface area contributed by atoms with E-state index in [1.165, 1.54) is 6.42 Å². The number of halogens is 1. The second kappa shape index (κ2) is 14.0. The van der Waals surface area contributed by atoms with Crippen molar-refractivity contribution in [2.24, 2.45) is 4.99 Å². The zero-order valence-electron chi connectivity index (χ0n) is 16.9. The summed E-state index contributed by atoms with van der Waals surface area (Å²) < 4.78 is 11.4. The number of aryl methyl sites for hydroxylation is 1. The molecule has 0 radical (unpaired) electrons. The quantitative estimate of drug-likeness (QED) is 0.241. The molecule has 27 heavy (non-hydrogen) atoms. The van der Waals surface area contributed by atoms with Gasteiger partial charge in [-0.15, -0.1) is 24.0 Å². The van der Waals surface area contributed by atoms with Crippen molar-refractivity contribution in [3.05, 3.63) is 29.8 Å². The summed E-state index contributed by atoms with van der Waals surface area (Å²) in [6.07, 6.45) is 2.39. The molecule has 154 valence electrons. The second-order valence-corrected chi connectivity index (χ2v) is 6.73. The highest BCUT2D eigenvalue weighted by atomic mass is 127. The van der Waals surface area contributed by atoms with Crippen molar-refractivity contribution >= 4 is 29.9 Å². The molecule has 0 bridgehead atoms. The van der Waals surface area contributed by atoms with E-state index in [0.717, 1.165) is 63.1 Å². The Morgan fingerprint density at radius 1 is 1.22 bits per heavy atom. The Balaban J connectivity index is 0.00000364. The molecule has 1 fully saturated rings. The zero-order chi connectivity index (χ0) is 18.6. The SMILES string of the molecule is CN=C(NCCCCN1CCOCC1)NCC(C)Oc1ccccc1C.I. The first-order chi connectivity index (χ1) is 12.7. The lowest BCUT2D eigenvalue weighted by Crippen LogP contribution is -2.42. The molecular formula is C20H35IN4O2. The number of unbranched alkanes of at least 4 members (excludes halogenated alkanes) is 1. The minimum atomic E-state index is 0. The topological polar surface area (TPSA) is 58.1 Å². The van der Waals surface area contributed by atoms with E-state index in [1.54, 1.807) is 7.05 Å². The molecule has 1 unspecified atom stereocenters. The van der Waals surface area contributed by atoms with E-state index in [9.17, 15) is 0 Å². The summed E-state index contributed by atoms with van der Waals surface area (Å²) in [6.45, 7) is 10.8. The third-order valence-corrected chi connectivity index (χ3v) is 4.50. The van der Waals surface area contributed by atoms with E-state index in [2.05, 4.69) is 40.4 Å². The van der Waals surface area contributed by atoms with Crippen LogP contribution in [0.25, 0.3) is 0 Å². The van der Waals surface area contributed by atoms with Gasteiger partial charge in [-0.05, 0) is 44.9 Å². The van der Waals surface area contributed by atoms with Gasteiger partial charge in [0.2, 0.25) is 0 Å². The second-order valence-electron chi connectivity index (χ2n) is 6.73. The normalized spacial score (nSPS) is 16.3. The number of benzene rings is 1. The van der Waals surface area contributed by atoms with Crippen LogP contribution in [0.5, 0.6) is 5.75 Å². The molecule has 1 aromatic carbocycles. The van der Waals surface area contributed by atoms with Gasteiger partial charge in [-0.3, -0.25) is 9.89 Å². The van der Waals surface area contributed by atoms with E-state index in [1.807, 2.05) is 18.2 Å². The maximum Gasteiger partial charge on any atom is 0.191 e. The number of hydrogen-bond donors (Lipinski definition) is 2. The van der Waals surface area contributed by atoms with Crippen molar-refractivity contribution < 1.29 is 9.47 Å². The summed E-state index contributed by atoms with van der Waals surface area (Å²) in [7, 11) is 1.80. The van der Waals surface area contributed by atoms with E-state index in [-0.39, 0.29) is 30.1 Å². The predicted molar refractivity (Wildman–Crippen MR) is 123 cm³/mol. The highest BCUT2D eigenvalue weighted by molar-refractivity contribution is 14.0. The molecule has 0 aliphatic carbocycles. The van der Waals surface area contributed by atoms with Gasteiger partial charge in [-0.25, -0.2) is 0 Å². The van der Waals surface area contributed by atoms with Gasteiger partial charge >= 0.3 is 0 Å². The summed E-state index contributed by atoms with van der Waals surface area (Å²) >= 11 is 0. The molecule has 2 rings (SSSR count). The molecule has 2 N–H and O–H groups in total. The molecule has 1 atom stereocenters. The Morgan fingerprint density at radius 2 is 1.96 bits per heavy atom. The minimum absolute atomic E-state index is 0. The lowest BCUT2D eigenvalue weighted by Gasteiger charge is -2.26. The third-order valence-electron chi connectivity index (χ3n) is 4.50. The third kappa shape index (κ3) is 9.62. The molecule has 1 aliphatic heterocycles. The fraction of sp³-hybridized carbons (Fsp3) is 0.650. The molecule has 6 nitrogen and oxygen atoms in total.